The maximum Gasteiger partial charge on any atom is 0.0599 e. The average molecular weight is 184 g/mol. The van der Waals surface area contributed by atoms with Crippen molar-refractivity contribution in [2.75, 3.05) is 19.7 Å². The van der Waals surface area contributed by atoms with Gasteiger partial charge in [-0.2, -0.15) is 0 Å². The standard InChI is InChI=1S/C10H20N2O/c11-5-10(7-13)12(9-3-4-9)6-8-1-2-8/h8-10,13H,1-7,11H2. The predicted octanol–water partition coefficient (Wildman–Crippen LogP) is 0.180. The van der Waals surface area contributed by atoms with Crippen LogP contribution in [0.3, 0.4) is 0 Å². The minimum atomic E-state index is 0.216. The molecule has 2 rings (SSSR count). The molecule has 0 radical (unpaired) electrons. The molecule has 0 spiro atoms. The third-order valence-corrected chi connectivity index (χ3v) is 3.13. The molecule has 1 unspecified atom stereocenters. The van der Waals surface area contributed by atoms with Crippen molar-refractivity contribution in [3.8, 4) is 0 Å². The van der Waals surface area contributed by atoms with E-state index in [1.54, 1.807) is 0 Å². The third kappa shape index (κ3) is 2.42. The number of hydrogen-bond acceptors (Lipinski definition) is 3. The molecule has 3 nitrogen and oxygen atoms in total. The Morgan fingerprint density at radius 2 is 2.00 bits per heavy atom. The highest BCUT2D eigenvalue weighted by atomic mass is 16.3. The summed E-state index contributed by atoms with van der Waals surface area (Å²) in [6.45, 7) is 1.99. The third-order valence-electron chi connectivity index (χ3n) is 3.13. The lowest BCUT2D eigenvalue weighted by Gasteiger charge is -2.29. The number of rotatable bonds is 6. The van der Waals surface area contributed by atoms with Crippen molar-refractivity contribution in [2.24, 2.45) is 11.7 Å². The molecule has 13 heavy (non-hydrogen) atoms. The van der Waals surface area contributed by atoms with Crippen molar-refractivity contribution in [2.45, 2.75) is 37.8 Å². The summed E-state index contributed by atoms with van der Waals surface area (Å²) in [5, 5.41) is 9.18. The molecule has 3 heteroatoms. The second kappa shape index (κ2) is 3.95. The second-order valence-corrected chi connectivity index (χ2v) is 4.44. The van der Waals surface area contributed by atoms with Gasteiger partial charge >= 0.3 is 0 Å². The Morgan fingerprint density at radius 1 is 1.31 bits per heavy atom. The van der Waals surface area contributed by atoms with Crippen molar-refractivity contribution in [3.63, 3.8) is 0 Å². The molecular formula is C10H20N2O. The van der Waals surface area contributed by atoms with E-state index < -0.39 is 0 Å². The molecule has 0 heterocycles. The molecule has 1 atom stereocenters. The predicted molar refractivity (Wildman–Crippen MR) is 52.4 cm³/mol. The first kappa shape index (κ1) is 9.44. The molecule has 76 valence electrons. The van der Waals surface area contributed by atoms with Crippen LogP contribution in [0.4, 0.5) is 0 Å². The highest BCUT2D eigenvalue weighted by molar-refractivity contribution is 4.92. The highest BCUT2D eigenvalue weighted by Gasteiger charge is 2.36. The van der Waals surface area contributed by atoms with Crippen molar-refractivity contribution in [1.29, 1.82) is 0 Å². The van der Waals surface area contributed by atoms with Gasteiger partial charge < -0.3 is 10.8 Å². The van der Waals surface area contributed by atoms with Crippen LogP contribution in [0.2, 0.25) is 0 Å². The van der Waals surface area contributed by atoms with Crippen LogP contribution in [0.25, 0.3) is 0 Å². The molecule has 2 fully saturated rings. The fourth-order valence-corrected chi connectivity index (χ4v) is 1.92. The molecule has 0 aromatic rings. The van der Waals surface area contributed by atoms with E-state index in [4.69, 9.17) is 5.73 Å². The Hall–Kier alpha value is -0.120. The van der Waals surface area contributed by atoms with Crippen molar-refractivity contribution >= 4 is 0 Å². The zero-order chi connectivity index (χ0) is 9.26. The lowest BCUT2D eigenvalue weighted by Crippen LogP contribution is -2.45. The van der Waals surface area contributed by atoms with Gasteiger partial charge in [0, 0.05) is 25.2 Å². The van der Waals surface area contributed by atoms with E-state index in [-0.39, 0.29) is 12.6 Å². The van der Waals surface area contributed by atoms with Gasteiger partial charge in [0.1, 0.15) is 0 Å². The van der Waals surface area contributed by atoms with E-state index in [1.165, 1.54) is 32.2 Å². The average Bonchev–Trinajstić information content (AvgIpc) is 3.00. The topological polar surface area (TPSA) is 49.5 Å². The first-order chi connectivity index (χ1) is 6.35. The minimum absolute atomic E-state index is 0.216. The van der Waals surface area contributed by atoms with Gasteiger partial charge in [-0.25, -0.2) is 0 Å². The minimum Gasteiger partial charge on any atom is -0.395 e. The monoisotopic (exact) mass is 184 g/mol. The van der Waals surface area contributed by atoms with Crippen LogP contribution in [-0.4, -0.2) is 41.8 Å². The van der Waals surface area contributed by atoms with Crippen LogP contribution in [0, 0.1) is 5.92 Å². The summed E-state index contributed by atoms with van der Waals surface area (Å²) in [4.78, 5) is 2.44. The number of nitrogens with zero attached hydrogens (tertiary/aromatic N) is 1. The summed E-state index contributed by atoms with van der Waals surface area (Å²) in [7, 11) is 0. The van der Waals surface area contributed by atoms with Crippen LogP contribution in [0.15, 0.2) is 0 Å². The molecule has 0 amide bonds. The Morgan fingerprint density at radius 3 is 2.38 bits per heavy atom. The van der Waals surface area contributed by atoms with Crippen LogP contribution in [0.5, 0.6) is 0 Å². The van der Waals surface area contributed by atoms with Crippen LogP contribution >= 0.6 is 0 Å². The van der Waals surface area contributed by atoms with Gasteiger partial charge in [-0.05, 0) is 31.6 Å². The number of nitrogens with two attached hydrogens (primary N) is 1. The number of hydrogen-bond donors (Lipinski definition) is 2. The van der Waals surface area contributed by atoms with Gasteiger partial charge in [0.15, 0.2) is 0 Å². The van der Waals surface area contributed by atoms with E-state index in [9.17, 15) is 5.11 Å². The Kier molecular flexibility index (Phi) is 2.86. The summed E-state index contributed by atoms with van der Waals surface area (Å²) in [5.74, 6) is 0.904. The molecule has 0 saturated heterocycles. The molecule has 0 bridgehead atoms. The van der Waals surface area contributed by atoms with Gasteiger partial charge in [0.2, 0.25) is 0 Å². The fourth-order valence-electron chi connectivity index (χ4n) is 1.92. The Labute approximate surface area is 79.9 Å². The Bertz CT molecular complexity index is 162. The quantitative estimate of drug-likeness (QED) is 0.619. The van der Waals surface area contributed by atoms with E-state index >= 15 is 0 Å². The first-order valence-electron chi connectivity index (χ1n) is 5.41. The van der Waals surface area contributed by atoms with Crippen molar-refractivity contribution in [1.82, 2.24) is 4.90 Å². The van der Waals surface area contributed by atoms with E-state index in [1.807, 2.05) is 0 Å². The summed E-state index contributed by atoms with van der Waals surface area (Å²) in [6, 6.07) is 0.953. The van der Waals surface area contributed by atoms with Crippen LogP contribution in [-0.2, 0) is 0 Å². The van der Waals surface area contributed by atoms with E-state index in [0.29, 0.717) is 6.54 Å². The van der Waals surface area contributed by atoms with Crippen molar-refractivity contribution < 1.29 is 5.11 Å². The summed E-state index contributed by atoms with van der Waals surface area (Å²) in [5.41, 5.74) is 5.64. The van der Waals surface area contributed by atoms with Gasteiger partial charge in [0.25, 0.3) is 0 Å². The van der Waals surface area contributed by atoms with Gasteiger partial charge in [-0.3, -0.25) is 4.90 Å². The van der Waals surface area contributed by atoms with Crippen LogP contribution in [0.1, 0.15) is 25.7 Å². The number of aliphatic hydroxyl groups excluding tert-OH is 1. The lowest BCUT2D eigenvalue weighted by atomic mass is 10.2. The summed E-state index contributed by atoms with van der Waals surface area (Å²) >= 11 is 0. The van der Waals surface area contributed by atoms with Crippen molar-refractivity contribution in [3.05, 3.63) is 0 Å². The summed E-state index contributed by atoms with van der Waals surface area (Å²) in [6.07, 6.45) is 5.38. The number of aliphatic hydroxyl groups is 1. The van der Waals surface area contributed by atoms with Gasteiger partial charge in [-0.1, -0.05) is 0 Å². The van der Waals surface area contributed by atoms with Gasteiger partial charge in [0.05, 0.1) is 6.61 Å². The van der Waals surface area contributed by atoms with Crippen LogP contribution < -0.4 is 5.73 Å². The first-order valence-corrected chi connectivity index (χ1v) is 5.41. The zero-order valence-electron chi connectivity index (χ0n) is 8.15. The fraction of sp³-hybridized carbons (Fsp3) is 1.00. The highest BCUT2D eigenvalue weighted by Crippen LogP contribution is 2.35. The Balaban J connectivity index is 1.85. The lowest BCUT2D eigenvalue weighted by molar-refractivity contribution is 0.116. The molecule has 2 aliphatic carbocycles. The maximum atomic E-state index is 9.18. The molecule has 0 aromatic heterocycles. The molecule has 0 aromatic carbocycles. The van der Waals surface area contributed by atoms with E-state index in [0.717, 1.165) is 12.0 Å². The SMILES string of the molecule is NCC(CO)N(CC1CC1)C1CC1. The normalized spacial score (nSPS) is 25.2. The molecule has 2 aliphatic rings. The zero-order valence-corrected chi connectivity index (χ0v) is 8.15. The van der Waals surface area contributed by atoms with Gasteiger partial charge in [-0.15, -0.1) is 0 Å². The maximum absolute atomic E-state index is 9.18. The van der Waals surface area contributed by atoms with E-state index in [2.05, 4.69) is 4.90 Å². The molecular weight excluding hydrogens is 164 g/mol. The molecule has 2 saturated carbocycles. The largest absolute Gasteiger partial charge is 0.395 e. The molecule has 3 N–H and O–H groups in total. The second-order valence-electron chi connectivity index (χ2n) is 4.44. The summed E-state index contributed by atoms with van der Waals surface area (Å²) < 4.78 is 0. The molecule has 0 aliphatic heterocycles. The smallest absolute Gasteiger partial charge is 0.0599 e.